The van der Waals surface area contributed by atoms with Crippen molar-refractivity contribution in [1.82, 2.24) is 14.9 Å². The number of ether oxygens (including phenoxy) is 1. The SMILES string of the molecule is CCOc1cccc2c1[nH]c(=S)n2CC(=O)NC(C)(C)C. The van der Waals surface area contributed by atoms with Gasteiger partial charge in [-0.3, -0.25) is 4.79 Å². The third-order valence-electron chi connectivity index (χ3n) is 2.89. The molecular formula is C15H21N3O2S. The van der Waals surface area contributed by atoms with Crippen LogP contribution in [0.15, 0.2) is 18.2 Å². The van der Waals surface area contributed by atoms with Crippen molar-refractivity contribution < 1.29 is 9.53 Å². The summed E-state index contributed by atoms with van der Waals surface area (Å²) >= 11 is 5.33. The second-order valence-electron chi connectivity index (χ2n) is 5.90. The van der Waals surface area contributed by atoms with Gasteiger partial charge in [0.05, 0.1) is 12.1 Å². The van der Waals surface area contributed by atoms with E-state index in [4.69, 9.17) is 17.0 Å². The average Bonchev–Trinajstić information content (AvgIpc) is 2.66. The lowest BCUT2D eigenvalue weighted by Crippen LogP contribution is -2.42. The molecule has 0 aliphatic rings. The van der Waals surface area contributed by atoms with Crippen molar-refractivity contribution in [3.05, 3.63) is 23.0 Å². The van der Waals surface area contributed by atoms with E-state index < -0.39 is 0 Å². The Bertz CT molecular complexity index is 710. The highest BCUT2D eigenvalue weighted by molar-refractivity contribution is 7.71. The molecule has 114 valence electrons. The molecule has 0 radical (unpaired) electrons. The summed E-state index contributed by atoms with van der Waals surface area (Å²) in [5.74, 6) is 0.678. The summed E-state index contributed by atoms with van der Waals surface area (Å²) in [5, 5.41) is 2.94. The molecule has 0 aliphatic heterocycles. The first-order chi connectivity index (χ1) is 9.81. The molecule has 0 saturated carbocycles. The number of imidazole rings is 1. The Morgan fingerprint density at radius 3 is 2.76 bits per heavy atom. The molecule has 5 nitrogen and oxygen atoms in total. The highest BCUT2D eigenvalue weighted by Crippen LogP contribution is 2.24. The van der Waals surface area contributed by atoms with Crippen LogP contribution in [0, 0.1) is 4.77 Å². The Morgan fingerprint density at radius 1 is 1.43 bits per heavy atom. The van der Waals surface area contributed by atoms with Crippen LogP contribution in [-0.2, 0) is 11.3 Å². The van der Waals surface area contributed by atoms with Crippen molar-refractivity contribution in [2.45, 2.75) is 39.8 Å². The molecule has 0 bridgehead atoms. The molecule has 1 amide bonds. The number of hydrogen-bond acceptors (Lipinski definition) is 3. The van der Waals surface area contributed by atoms with Gasteiger partial charge in [0.25, 0.3) is 0 Å². The van der Waals surface area contributed by atoms with Gasteiger partial charge in [-0.05, 0) is 52.0 Å². The van der Waals surface area contributed by atoms with E-state index in [2.05, 4.69) is 10.3 Å². The molecule has 2 aromatic rings. The molecule has 21 heavy (non-hydrogen) atoms. The maximum atomic E-state index is 12.1. The standard InChI is InChI=1S/C15H21N3O2S/c1-5-20-11-8-6-7-10-13(11)16-14(21)18(10)9-12(19)17-15(2,3)4/h6-8H,5,9H2,1-4H3,(H,16,21)(H,17,19). The Morgan fingerprint density at radius 2 is 2.14 bits per heavy atom. The maximum Gasteiger partial charge on any atom is 0.240 e. The van der Waals surface area contributed by atoms with Crippen molar-refractivity contribution in [2.24, 2.45) is 0 Å². The summed E-state index contributed by atoms with van der Waals surface area (Å²) in [6.07, 6.45) is 0. The number of amides is 1. The smallest absolute Gasteiger partial charge is 0.240 e. The van der Waals surface area contributed by atoms with Crippen molar-refractivity contribution in [1.29, 1.82) is 0 Å². The van der Waals surface area contributed by atoms with E-state index >= 15 is 0 Å². The number of aromatic nitrogens is 2. The van der Waals surface area contributed by atoms with Gasteiger partial charge in [0.1, 0.15) is 17.8 Å². The van der Waals surface area contributed by atoms with Crippen LogP contribution in [-0.4, -0.2) is 27.6 Å². The van der Waals surface area contributed by atoms with Gasteiger partial charge >= 0.3 is 0 Å². The molecular weight excluding hydrogens is 286 g/mol. The van der Waals surface area contributed by atoms with Gasteiger partial charge < -0.3 is 19.6 Å². The summed E-state index contributed by atoms with van der Waals surface area (Å²) in [6, 6.07) is 5.71. The van der Waals surface area contributed by atoms with Crippen LogP contribution in [0.5, 0.6) is 5.75 Å². The third kappa shape index (κ3) is 3.64. The highest BCUT2D eigenvalue weighted by atomic mass is 32.1. The number of aromatic amines is 1. The number of carbonyl (C=O) groups excluding carboxylic acids is 1. The largest absolute Gasteiger partial charge is 0.492 e. The zero-order valence-electron chi connectivity index (χ0n) is 12.8. The lowest BCUT2D eigenvalue weighted by Gasteiger charge is -2.20. The first-order valence-electron chi connectivity index (χ1n) is 6.97. The van der Waals surface area contributed by atoms with E-state index in [9.17, 15) is 4.79 Å². The summed E-state index contributed by atoms with van der Waals surface area (Å²) in [5.41, 5.74) is 1.44. The predicted octanol–water partition coefficient (Wildman–Crippen LogP) is 3.01. The number of nitrogens with one attached hydrogen (secondary N) is 2. The number of benzene rings is 1. The topological polar surface area (TPSA) is 59.0 Å². The Hall–Kier alpha value is -1.82. The minimum Gasteiger partial charge on any atom is -0.492 e. The number of fused-ring (bicyclic) bond motifs is 1. The summed E-state index contributed by atoms with van der Waals surface area (Å²) in [7, 11) is 0. The van der Waals surface area contributed by atoms with Gasteiger partial charge in [-0.1, -0.05) is 6.07 Å². The number of hydrogen-bond donors (Lipinski definition) is 2. The van der Waals surface area contributed by atoms with Crippen molar-refractivity contribution in [3.8, 4) is 5.75 Å². The van der Waals surface area contributed by atoms with Gasteiger partial charge in [0, 0.05) is 5.54 Å². The van der Waals surface area contributed by atoms with E-state index in [0.717, 1.165) is 16.8 Å². The summed E-state index contributed by atoms with van der Waals surface area (Å²) in [4.78, 5) is 15.2. The molecule has 1 aromatic carbocycles. The quantitative estimate of drug-likeness (QED) is 0.854. The lowest BCUT2D eigenvalue weighted by atomic mass is 10.1. The molecule has 0 unspecified atom stereocenters. The van der Waals surface area contributed by atoms with Gasteiger partial charge in [-0.25, -0.2) is 0 Å². The molecule has 2 rings (SSSR count). The Kier molecular flexibility index (Phi) is 4.37. The predicted molar refractivity (Wildman–Crippen MR) is 86.2 cm³/mol. The zero-order chi connectivity index (χ0) is 15.6. The molecule has 0 saturated heterocycles. The van der Waals surface area contributed by atoms with Crippen molar-refractivity contribution in [3.63, 3.8) is 0 Å². The van der Waals surface area contributed by atoms with Crippen LogP contribution in [0.25, 0.3) is 11.0 Å². The number of rotatable bonds is 4. The van der Waals surface area contributed by atoms with Crippen LogP contribution in [0.1, 0.15) is 27.7 Å². The molecule has 0 fully saturated rings. The van der Waals surface area contributed by atoms with Crippen molar-refractivity contribution >= 4 is 29.2 Å². The molecule has 1 heterocycles. The molecule has 2 N–H and O–H groups in total. The van der Waals surface area contributed by atoms with Gasteiger partial charge in [0.2, 0.25) is 5.91 Å². The monoisotopic (exact) mass is 307 g/mol. The van der Waals surface area contributed by atoms with Gasteiger partial charge in [-0.15, -0.1) is 0 Å². The number of nitrogens with zero attached hydrogens (tertiary/aromatic N) is 1. The third-order valence-corrected chi connectivity index (χ3v) is 3.21. The van der Waals surface area contributed by atoms with E-state index in [1.165, 1.54) is 0 Å². The molecule has 0 atom stereocenters. The summed E-state index contributed by atoms with van der Waals surface area (Å²) < 4.78 is 7.88. The highest BCUT2D eigenvalue weighted by Gasteiger charge is 2.16. The lowest BCUT2D eigenvalue weighted by molar-refractivity contribution is -0.123. The molecule has 0 aliphatic carbocycles. The minimum atomic E-state index is -0.262. The molecule has 6 heteroatoms. The van der Waals surface area contributed by atoms with Crippen LogP contribution in [0.2, 0.25) is 0 Å². The second kappa shape index (κ2) is 5.89. The minimum absolute atomic E-state index is 0.0682. The van der Waals surface area contributed by atoms with E-state index in [1.807, 2.05) is 45.9 Å². The average molecular weight is 307 g/mol. The van der Waals surface area contributed by atoms with Gasteiger partial charge in [-0.2, -0.15) is 0 Å². The van der Waals surface area contributed by atoms with Crippen LogP contribution in [0.3, 0.4) is 0 Å². The fraction of sp³-hybridized carbons (Fsp3) is 0.467. The van der Waals surface area contributed by atoms with Crippen molar-refractivity contribution in [2.75, 3.05) is 6.61 Å². The zero-order valence-corrected chi connectivity index (χ0v) is 13.6. The fourth-order valence-electron chi connectivity index (χ4n) is 2.19. The number of carbonyl (C=O) groups is 1. The van der Waals surface area contributed by atoms with Crippen LogP contribution < -0.4 is 10.1 Å². The van der Waals surface area contributed by atoms with E-state index in [0.29, 0.717) is 11.4 Å². The normalized spacial score (nSPS) is 11.6. The Balaban J connectivity index is 2.37. The van der Waals surface area contributed by atoms with Crippen LogP contribution >= 0.6 is 12.2 Å². The van der Waals surface area contributed by atoms with Crippen LogP contribution in [0.4, 0.5) is 0 Å². The first kappa shape index (κ1) is 15.6. The summed E-state index contributed by atoms with van der Waals surface area (Å²) in [6.45, 7) is 8.55. The molecule has 0 spiro atoms. The van der Waals surface area contributed by atoms with E-state index in [-0.39, 0.29) is 18.0 Å². The Labute approximate surface area is 129 Å². The number of H-pyrrole nitrogens is 1. The second-order valence-corrected chi connectivity index (χ2v) is 6.28. The fourth-order valence-corrected chi connectivity index (χ4v) is 2.45. The number of para-hydroxylation sites is 1. The molecule has 1 aromatic heterocycles. The van der Waals surface area contributed by atoms with Gasteiger partial charge in [0.15, 0.2) is 4.77 Å². The van der Waals surface area contributed by atoms with E-state index in [1.54, 1.807) is 4.57 Å². The first-order valence-corrected chi connectivity index (χ1v) is 7.38. The maximum absolute atomic E-state index is 12.1.